The average molecular weight is 294 g/mol. The molecule has 0 bridgehead atoms. The van der Waals surface area contributed by atoms with E-state index in [1.807, 2.05) is 0 Å². The van der Waals surface area contributed by atoms with E-state index >= 15 is 0 Å². The molecule has 0 aromatic carbocycles. The highest BCUT2D eigenvalue weighted by Gasteiger charge is 2.25. The van der Waals surface area contributed by atoms with Gasteiger partial charge in [-0.15, -0.1) is 11.3 Å². The van der Waals surface area contributed by atoms with Crippen molar-refractivity contribution in [2.24, 2.45) is 0 Å². The minimum absolute atomic E-state index is 0.0599. The van der Waals surface area contributed by atoms with Crippen LogP contribution in [0.25, 0.3) is 0 Å². The number of hydrogen-bond donors (Lipinski definition) is 2. The molecular weight excluding hydrogens is 276 g/mol. The van der Waals surface area contributed by atoms with Gasteiger partial charge in [0.2, 0.25) is 0 Å². The Labute approximate surface area is 111 Å². The maximum absolute atomic E-state index is 11.9. The summed E-state index contributed by atoms with van der Waals surface area (Å²) in [5.74, 6) is 0. The van der Waals surface area contributed by atoms with Crippen LogP contribution >= 0.6 is 11.3 Å². The maximum Gasteiger partial charge on any atom is 0.251 e. The van der Waals surface area contributed by atoms with Crippen molar-refractivity contribution in [3.63, 3.8) is 0 Å². The third kappa shape index (κ3) is 4.62. The monoisotopic (exact) mass is 294 g/mol. The van der Waals surface area contributed by atoms with Gasteiger partial charge in [0.25, 0.3) is 10.0 Å². The minimum atomic E-state index is -3.59. The molecule has 18 heavy (non-hydrogen) atoms. The Bertz CT molecular complexity index is 482. The van der Waals surface area contributed by atoms with Crippen LogP contribution in [0.15, 0.2) is 10.4 Å². The lowest BCUT2D eigenvalue weighted by atomic mass is 10.0. The van der Waals surface area contributed by atoms with Gasteiger partial charge in [-0.25, -0.2) is 18.1 Å². The van der Waals surface area contributed by atoms with Crippen molar-refractivity contribution in [2.75, 3.05) is 20.3 Å². The zero-order valence-corrected chi connectivity index (χ0v) is 12.3. The van der Waals surface area contributed by atoms with E-state index in [0.29, 0.717) is 18.0 Å². The standard InChI is InChI=1S/C10H18N2O4S2/c1-8-11-6-9(17-8)18(14,15)12-7-10(2,13)4-5-16-3/h6,12-13H,4-5,7H2,1-3H3. The zero-order valence-electron chi connectivity index (χ0n) is 10.6. The smallest absolute Gasteiger partial charge is 0.251 e. The second-order valence-corrected chi connectivity index (χ2v) is 7.49. The normalized spacial score (nSPS) is 15.6. The van der Waals surface area contributed by atoms with E-state index in [1.165, 1.54) is 13.3 Å². The number of hydrogen-bond acceptors (Lipinski definition) is 6. The number of aromatic nitrogens is 1. The molecule has 1 unspecified atom stereocenters. The Hall–Kier alpha value is -0.540. The second kappa shape index (κ2) is 6.07. The van der Waals surface area contributed by atoms with E-state index in [0.717, 1.165) is 11.3 Å². The summed E-state index contributed by atoms with van der Waals surface area (Å²) in [5, 5.41) is 10.6. The van der Waals surface area contributed by atoms with Gasteiger partial charge in [-0.2, -0.15) is 0 Å². The lowest BCUT2D eigenvalue weighted by Crippen LogP contribution is -2.41. The quantitative estimate of drug-likeness (QED) is 0.765. The van der Waals surface area contributed by atoms with E-state index < -0.39 is 15.6 Å². The van der Waals surface area contributed by atoms with E-state index in [-0.39, 0.29) is 10.8 Å². The van der Waals surface area contributed by atoms with Crippen LogP contribution in [0.4, 0.5) is 0 Å². The number of thiazole rings is 1. The molecule has 0 spiro atoms. The highest BCUT2D eigenvalue weighted by molar-refractivity contribution is 7.91. The minimum Gasteiger partial charge on any atom is -0.389 e. The molecule has 1 aromatic rings. The number of aryl methyl sites for hydroxylation is 1. The summed E-state index contributed by atoms with van der Waals surface area (Å²) in [6.45, 7) is 3.61. The summed E-state index contributed by atoms with van der Waals surface area (Å²) in [6.07, 6.45) is 1.67. The summed E-state index contributed by atoms with van der Waals surface area (Å²) < 4.78 is 31.1. The van der Waals surface area contributed by atoms with Crippen molar-refractivity contribution in [3.8, 4) is 0 Å². The Kier molecular flexibility index (Phi) is 5.23. The van der Waals surface area contributed by atoms with Gasteiger partial charge >= 0.3 is 0 Å². The Balaban J connectivity index is 2.62. The fourth-order valence-corrected chi connectivity index (χ4v) is 3.51. The van der Waals surface area contributed by atoms with E-state index in [4.69, 9.17) is 4.74 Å². The number of ether oxygens (including phenoxy) is 1. The Morgan fingerprint density at radius 3 is 2.78 bits per heavy atom. The van der Waals surface area contributed by atoms with Crippen LogP contribution in [-0.2, 0) is 14.8 Å². The summed E-state index contributed by atoms with van der Waals surface area (Å²) in [7, 11) is -2.06. The molecule has 0 aliphatic rings. The molecule has 0 fully saturated rings. The molecule has 0 radical (unpaired) electrons. The van der Waals surface area contributed by atoms with E-state index in [2.05, 4.69) is 9.71 Å². The molecule has 1 aromatic heterocycles. The van der Waals surface area contributed by atoms with Crippen LogP contribution in [0, 0.1) is 6.92 Å². The predicted octanol–water partition coefficient (Wildman–Crippen LogP) is 0.517. The SMILES string of the molecule is COCCC(C)(O)CNS(=O)(=O)c1cnc(C)s1. The number of nitrogens with one attached hydrogen (secondary N) is 1. The van der Waals surface area contributed by atoms with Crippen LogP contribution < -0.4 is 4.72 Å². The second-order valence-electron chi connectivity index (χ2n) is 4.26. The van der Waals surface area contributed by atoms with E-state index in [1.54, 1.807) is 13.8 Å². The van der Waals surface area contributed by atoms with Crippen LogP contribution in [0.1, 0.15) is 18.4 Å². The highest BCUT2D eigenvalue weighted by Crippen LogP contribution is 2.18. The van der Waals surface area contributed by atoms with Crippen LogP contribution in [0.3, 0.4) is 0 Å². The van der Waals surface area contributed by atoms with Gasteiger partial charge in [-0.1, -0.05) is 0 Å². The summed E-state index contributed by atoms with van der Waals surface area (Å²) in [6, 6.07) is 0. The molecule has 104 valence electrons. The van der Waals surface area contributed by atoms with Crippen molar-refractivity contribution in [1.29, 1.82) is 0 Å². The highest BCUT2D eigenvalue weighted by atomic mass is 32.2. The largest absolute Gasteiger partial charge is 0.389 e. The Morgan fingerprint density at radius 1 is 1.61 bits per heavy atom. The van der Waals surface area contributed by atoms with Gasteiger partial charge in [-0.3, -0.25) is 0 Å². The van der Waals surface area contributed by atoms with Gasteiger partial charge in [0.05, 0.1) is 16.8 Å². The summed E-state index contributed by atoms with van der Waals surface area (Å²) >= 11 is 1.10. The maximum atomic E-state index is 11.9. The molecule has 0 aliphatic heterocycles. The molecule has 2 N–H and O–H groups in total. The molecule has 1 rings (SSSR count). The van der Waals surface area contributed by atoms with Crippen molar-refractivity contribution in [2.45, 2.75) is 30.1 Å². The molecule has 8 heteroatoms. The van der Waals surface area contributed by atoms with Crippen molar-refractivity contribution < 1.29 is 18.3 Å². The van der Waals surface area contributed by atoms with E-state index in [9.17, 15) is 13.5 Å². The average Bonchev–Trinajstić information content (AvgIpc) is 2.72. The van der Waals surface area contributed by atoms with Gasteiger partial charge < -0.3 is 9.84 Å². The predicted molar refractivity (Wildman–Crippen MR) is 69.2 cm³/mol. The molecular formula is C10H18N2O4S2. The van der Waals surface area contributed by atoms with Crippen LogP contribution in [-0.4, -0.2) is 44.4 Å². The summed E-state index contributed by atoms with van der Waals surface area (Å²) in [4.78, 5) is 3.89. The zero-order chi connectivity index (χ0) is 13.8. The lowest BCUT2D eigenvalue weighted by molar-refractivity contribution is 0.0292. The van der Waals surface area contributed by atoms with Crippen molar-refractivity contribution >= 4 is 21.4 Å². The molecule has 0 saturated carbocycles. The lowest BCUT2D eigenvalue weighted by Gasteiger charge is -2.22. The van der Waals surface area contributed by atoms with Gasteiger partial charge in [0, 0.05) is 26.7 Å². The Morgan fingerprint density at radius 2 is 2.28 bits per heavy atom. The van der Waals surface area contributed by atoms with Crippen LogP contribution in [0.2, 0.25) is 0 Å². The van der Waals surface area contributed by atoms with Gasteiger partial charge in [0.15, 0.2) is 4.21 Å². The van der Waals surface area contributed by atoms with Crippen molar-refractivity contribution in [3.05, 3.63) is 11.2 Å². The number of methoxy groups -OCH3 is 1. The number of sulfonamides is 1. The van der Waals surface area contributed by atoms with Gasteiger partial charge in [-0.05, 0) is 13.8 Å². The fraction of sp³-hybridized carbons (Fsp3) is 0.700. The molecule has 0 saturated heterocycles. The molecule has 0 amide bonds. The third-order valence-electron chi connectivity index (χ3n) is 2.35. The molecule has 1 heterocycles. The van der Waals surface area contributed by atoms with Gasteiger partial charge in [0.1, 0.15) is 0 Å². The first kappa shape index (κ1) is 15.5. The first-order valence-corrected chi connectivity index (χ1v) is 7.70. The third-order valence-corrected chi connectivity index (χ3v) is 5.13. The first-order valence-electron chi connectivity index (χ1n) is 5.40. The first-order chi connectivity index (χ1) is 8.27. The van der Waals surface area contributed by atoms with Crippen LogP contribution in [0.5, 0.6) is 0 Å². The number of rotatable bonds is 7. The molecule has 6 nitrogen and oxygen atoms in total. The fourth-order valence-electron chi connectivity index (χ4n) is 1.20. The molecule has 1 atom stereocenters. The molecule has 0 aliphatic carbocycles. The van der Waals surface area contributed by atoms with Crippen molar-refractivity contribution in [1.82, 2.24) is 9.71 Å². The number of nitrogens with zero attached hydrogens (tertiary/aromatic N) is 1. The topological polar surface area (TPSA) is 88.5 Å². The summed E-state index contributed by atoms with van der Waals surface area (Å²) in [5.41, 5.74) is -1.14. The number of aliphatic hydroxyl groups is 1.